The number of aromatic nitrogens is 1. The van der Waals surface area contributed by atoms with Crippen LogP contribution in [0.5, 0.6) is 0 Å². The molecule has 0 fully saturated rings. The molecule has 6 nitrogen and oxygen atoms in total. The van der Waals surface area contributed by atoms with Crippen LogP contribution in [0.1, 0.15) is 10.5 Å². The molecule has 22 heavy (non-hydrogen) atoms. The molecule has 1 aromatic heterocycles. The van der Waals surface area contributed by atoms with Crippen molar-refractivity contribution in [3.8, 4) is 0 Å². The third-order valence-corrected chi connectivity index (χ3v) is 2.97. The first-order valence-corrected chi connectivity index (χ1v) is 6.83. The molecule has 0 radical (unpaired) electrons. The van der Waals surface area contributed by atoms with Crippen LogP contribution in [-0.2, 0) is 4.79 Å². The number of carbonyl (C=O) groups is 2. The molecule has 0 saturated heterocycles. The van der Waals surface area contributed by atoms with Crippen molar-refractivity contribution in [3.05, 3.63) is 54.4 Å². The molecule has 114 valence electrons. The zero-order valence-electron chi connectivity index (χ0n) is 12.5. The summed E-state index contributed by atoms with van der Waals surface area (Å²) in [7, 11) is 3.89. The highest BCUT2D eigenvalue weighted by Crippen LogP contribution is 2.15. The van der Waals surface area contributed by atoms with Crippen molar-refractivity contribution < 1.29 is 9.59 Å². The molecule has 2 N–H and O–H groups in total. The van der Waals surface area contributed by atoms with E-state index in [1.807, 2.05) is 43.3 Å². The van der Waals surface area contributed by atoms with Crippen LogP contribution in [0.3, 0.4) is 0 Å². The SMILES string of the molecule is CN(C)c1ccc(NC(=O)CNC(=O)c2ccccn2)cc1. The Balaban J connectivity index is 1.84. The second-order valence-electron chi connectivity index (χ2n) is 4.89. The molecule has 0 atom stereocenters. The van der Waals surface area contributed by atoms with Crippen LogP contribution >= 0.6 is 0 Å². The van der Waals surface area contributed by atoms with Gasteiger partial charge in [-0.15, -0.1) is 0 Å². The summed E-state index contributed by atoms with van der Waals surface area (Å²) >= 11 is 0. The molecular formula is C16H18N4O2. The Morgan fingerprint density at radius 2 is 1.82 bits per heavy atom. The maximum absolute atomic E-state index is 11.8. The van der Waals surface area contributed by atoms with Gasteiger partial charge in [-0.2, -0.15) is 0 Å². The van der Waals surface area contributed by atoms with Gasteiger partial charge in [0.2, 0.25) is 5.91 Å². The Labute approximate surface area is 129 Å². The lowest BCUT2D eigenvalue weighted by Crippen LogP contribution is -2.33. The van der Waals surface area contributed by atoms with Crippen LogP contribution in [-0.4, -0.2) is 37.4 Å². The molecule has 0 saturated carbocycles. The second-order valence-corrected chi connectivity index (χ2v) is 4.89. The third-order valence-electron chi connectivity index (χ3n) is 2.97. The van der Waals surface area contributed by atoms with Crippen LogP contribution in [0.15, 0.2) is 48.7 Å². The van der Waals surface area contributed by atoms with Crippen molar-refractivity contribution >= 4 is 23.2 Å². The van der Waals surface area contributed by atoms with E-state index in [0.29, 0.717) is 5.69 Å². The third kappa shape index (κ3) is 4.31. The van der Waals surface area contributed by atoms with E-state index in [4.69, 9.17) is 0 Å². The predicted octanol–water partition coefficient (Wildman–Crippen LogP) is 1.52. The standard InChI is InChI=1S/C16H18N4O2/c1-20(2)13-8-6-12(7-9-13)19-15(21)11-18-16(22)14-5-3-4-10-17-14/h3-10H,11H2,1-2H3,(H,18,22)(H,19,21). The van der Waals surface area contributed by atoms with E-state index < -0.39 is 0 Å². The molecular weight excluding hydrogens is 280 g/mol. The number of amides is 2. The molecule has 2 aromatic rings. The summed E-state index contributed by atoms with van der Waals surface area (Å²) in [4.78, 5) is 29.5. The highest BCUT2D eigenvalue weighted by Gasteiger charge is 2.08. The lowest BCUT2D eigenvalue weighted by atomic mass is 10.2. The van der Waals surface area contributed by atoms with E-state index in [1.165, 1.54) is 6.20 Å². The average Bonchev–Trinajstić information content (AvgIpc) is 2.54. The summed E-state index contributed by atoms with van der Waals surface area (Å²) in [6.07, 6.45) is 1.53. The normalized spacial score (nSPS) is 9.91. The fraction of sp³-hybridized carbons (Fsp3) is 0.188. The van der Waals surface area contributed by atoms with Gasteiger partial charge in [0, 0.05) is 31.7 Å². The van der Waals surface area contributed by atoms with E-state index in [2.05, 4.69) is 15.6 Å². The first-order chi connectivity index (χ1) is 10.6. The topological polar surface area (TPSA) is 74.3 Å². The number of rotatable bonds is 5. The number of carbonyl (C=O) groups excluding carboxylic acids is 2. The molecule has 0 spiro atoms. The summed E-state index contributed by atoms with van der Waals surface area (Å²) in [5.41, 5.74) is 2.01. The number of pyridine rings is 1. The van der Waals surface area contributed by atoms with Gasteiger partial charge in [0.15, 0.2) is 0 Å². The molecule has 2 amide bonds. The van der Waals surface area contributed by atoms with Crippen molar-refractivity contribution in [3.63, 3.8) is 0 Å². The molecule has 0 aliphatic carbocycles. The second kappa shape index (κ2) is 7.21. The number of nitrogens with zero attached hydrogens (tertiary/aromatic N) is 2. The van der Waals surface area contributed by atoms with Crippen molar-refractivity contribution in [2.24, 2.45) is 0 Å². The lowest BCUT2D eigenvalue weighted by molar-refractivity contribution is -0.115. The molecule has 0 aliphatic rings. The number of nitrogens with one attached hydrogen (secondary N) is 2. The van der Waals surface area contributed by atoms with Gasteiger partial charge in [-0.1, -0.05) is 6.07 Å². The Kier molecular flexibility index (Phi) is 5.08. The van der Waals surface area contributed by atoms with Gasteiger partial charge in [-0.25, -0.2) is 0 Å². The van der Waals surface area contributed by atoms with Gasteiger partial charge < -0.3 is 15.5 Å². The number of hydrogen-bond acceptors (Lipinski definition) is 4. The minimum Gasteiger partial charge on any atom is -0.378 e. The van der Waals surface area contributed by atoms with Gasteiger partial charge in [-0.05, 0) is 36.4 Å². The van der Waals surface area contributed by atoms with Gasteiger partial charge in [0.05, 0.1) is 6.54 Å². The van der Waals surface area contributed by atoms with Gasteiger partial charge in [-0.3, -0.25) is 14.6 Å². The van der Waals surface area contributed by atoms with E-state index >= 15 is 0 Å². The first kappa shape index (κ1) is 15.5. The zero-order valence-corrected chi connectivity index (χ0v) is 12.5. The van der Waals surface area contributed by atoms with Crippen LogP contribution in [0.2, 0.25) is 0 Å². The Hall–Kier alpha value is -2.89. The first-order valence-electron chi connectivity index (χ1n) is 6.83. The maximum Gasteiger partial charge on any atom is 0.270 e. The van der Waals surface area contributed by atoms with Crippen LogP contribution in [0.25, 0.3) is 0 Å². The minimum absolute atomic E-state index is 0.106. The summed E-state index contributed by atoms with van der Waals surface area (Å²) in [5.74, 6) is -0.666. The van der Waals surface area contributed by atoms with Gasteiger partial charge in [0.25, 0.3) is 5.91 Å². The predicted molar refractivity (Wildman–Crippen MR) is 86.0 cm³/mol. The highest BCUT2D eigenvalue weighted by molar-refractivity contribution is 5.98. The average molecular weight is 298 g/mol. The van der Waals surface area contributed by atoms with Crippen LogP contribution in [0, 0.1) is 0 Å². The summed E-state index contributed by atoms with van der Waals surface area (Å²) in [6.45, 7) is -0.106. The van der Waals surface area contributed by atoms with Gasteiger partial charge in [0.1, 0.15) is 5.69 Å². The molecule has 2 rings (SSSR count). The highest BCUT2D eigenvalue weighted by atomic mass is 16.2. The Bertz CT molecular complexity index is 639. The van der Waals surface area contributed by atoms with E-state index in [0.717, 1.165) is 5.69 Å². The van der Waals surface area contributed by atoms with E-state index in [9.17, 15) is 9.59 Å². The summed E-state index contributed by atoms with van der Waals surface area (Å²) in [5, 5.41) is 5.25. The van der Waals surface area contributed by atoms with Crippen LogP contribution < -0.4 is 15.5 Å². The van der Waals surface area contributed by atoms with Crippen LogP contribution in [0.4, 0.5) is 11.4 Å². The van der Waals surface area contributed by atoms with Gasteiger partial charge >= 0.3 is 0 Å². The van der Waals surface area contributed by atoms with Crippen molar-refractivity contribution in [1.29, 1.82) is 0 Å². The largest absolute Gasteiger partial charge is 0.378 e. The summed E-state index contributed by atoms with van der Waals surface area (Å²) < 4.78 is 0. The quantitative estimate of drug-likeness (QED) is 0.877. The van der Waals surface area contributed by atoms with Crippen molar-refractivity contribution in [2.75, 3.05) is 30.9 Å². The fourth-order valence-corrected chi connectivity index (χ4v) is 1.80. The van der Waals surface area contributed by atoms with E-state index in [1.54, 1.807) is 18.2 Å². The molecule has 0 unspecified atom stereocenters. The van der Waals surface area contributed by atoms with E-state index in [-0.39, 0.29) is 24.1 Å². The minimum atomic E-state index is -0.376. The Morgan fingerprint density at radius 3 is 2.41 bits per heavy atom. The molecule has 1 heterocycles. The molecule has 6 heteroatoms. The maximum atomic E-state index is 11.8. The zero-order chi connectivity index (χ0) is 15.9. The van der Waals surface area contributed by atoms with Crippen molar-refractivity contribution in [2.45, 2.75) is 0 Å². The monoisotopic (exact) mass is 298 g/mol. The molecule has 0 bridgehead atoms. The number of anilines is 2. The van der Waals surface area contributed by atoms with Crippen molar-refractivity contribution in [1.82, 2.24) is 10.3 Å². The fourth-order valence-electron chi connectivity index (χ4n) is 1.80. The molecule has 0 aliphatic heterocycles. The number of hydrogen-bond donors (Lipinski definition) is 2. The molecule has 1 aromatic carbocycles. The smallest absolute Gasteiger partial charge is 0.270 e. The lowest BCUT2D eigenvalue weighted by Gasteiger charge is -2.13. The number of benzene rings is 1. The Morgan fingerprint density at radius 1 is 1.09 bits per heavy atom. The summed E-state index contributed by atoms with van der Waals surface area (Å²) in [6, 6.07) is 12.5.